The molecule has 0 aliphatic carbocycles. The van der Waals surface area contributed by atoms with Crippen LogP contribution in [0.25, 0.3) is 0 Å². The average molecular weight is 260 g/mol. The maximum Gasteiger partial charge on any atom is 0.225 e. The smallest absolute Gasteiger partial charge is 0.225 e. The van der Waals surface area contributed by atoms with Gasteiger partial charge >= 0.3 is 0 Å². The first-order chi connectivity index (χ1) is 9.29. The normalized spacial score (nSPS) is 17.9. The van der Waals surface area contributed by atoms with E-state index in [1.807, 2.05) is 30.3 Å². The summed E-state index contributed by atoms with van der Waals surface area (Å²) in [5.41, 5.74) is 0.890. The van der Waals surface area contributed by atoms with Gasteiger partial charge in [-0.05, 0) is 44.5 Å². The van der Waals surface area contributed by atoms with Crippen molar-refractivity contribution in [1.82, 2.24) is 4.90 Å². The van der Waals surface area contributed by atoms with Crippen LogP contribution in [0.2, 0.25) is 0 Å². The molecule has 1 saturated heterocycles. The molecule has 0 radical (unpaired) electrons. The summed E-state index contributed by atoms with van der Waals surface area (Å²) in [5.74, 6) is 0.128. The van der Waals surface area contributed by atoms with Gasteiger partial charge in [0, 0.05) is 18.2 Å². The summed E-state index contributed by atoms with van der Waals surface area (Å²) >= 11 is 0. The van der Waals surface area contributed by atoms with E-state index in [9.17, 15) is 4.79 Å². The molecule has 2 rings (SSSR count). The predicted molar refractivity (Wildman–Crippen MR) is 79.2 cm³/mol. The van der Waals surface area contributed by atoms with E-state index in [4.69, 9.17) is 0 Å². The summed E-state index contributed by atoms with van der Waals surface area (Å²) < 4.78 is 0. The van der Waals surface area contributed by atoms with Gasteiger partial charge in [-0.25, -0.2) is 0 Å². The van der Waals surface area contributed by atoms with Crippen molar-refractivity contribution in [3.05, 3.63) is 30.3 Å². The van der Waals surface area contributed by atoms with Gasteiger partial charge in [-0.2, -0.15) is 0 Å². The molecule has 3 heteroatoms. The fraction of sp³-hybridized carbons (Fsp3) is 0.562. The zero-order chi connectivity index (χ0) is 13.5. The summed E-state index contributed by atoms with van der Waals surface area (Å²) in [6, 6.07) is 10.1. The third-order valence-corrected chi connectivity index (χ3v) is 3.86. The van der Waals surface area contributed by atoms with E-state index in [-0.39, 0.29) is 5.91 Å². The number of carbonyl (C=O) groups is 1. The minimum Gasteiger partial charge on any atom is -0.326 e. The third-order valence-electron chi connectivity index (χ3n) is 3.86. The lowest BCUT2D eigenvalue weighted by atomic mass is 10.0. The minimum absolute atomic E-state index is 0.128. The predicted octanol–water partition coefficient (Wildman–Crippen LogP) is 3.28. The van der Waals surface area contributed by atoms with Gasteiger partial charge < -0.3 is 5.32 Å². The quantitative estimate of drug-likeness (QED) is 0.881. The Balaban J connectivity index is 1.85. The Morgan fingerprint density at radius 2 is 1.89 bits per heavy atom. The number of rotatable bonds is 5. The summed E-state index contributed by atoms with van der Waals surface area (Å²) in [6.07, 6.45) is 5.53. The molecule has 0 saturated carbocycles. The lowest BCUT2D eigenvalue weighted by Gasteiger charge is -2.33. The van der Waals surface area contributed by atoms with Crippen molar-refractivity contribution in [2.24, 2.45) is 0 Å². The molecule has 1 heterocycles. The van der Waals surface area contributed by atoms with Crippen LogP contribution in [-0.4, -0.2) is 29.9 Å². The summed E-state index contributed by atoms with van der Waals surface area (Å²) in [7, 11) is 0. The van der Waals surface area contributed by atoms with Gasteiger partial charge in [0.25, 0.3) is 0 Å². The standard InChI is InChI=1S/C16H24N2O/c1-2-15(18-11-7-4-8-12-18)13-16(19)17-14-9-5-3-6-10-14/h3,5-6,9-10,15H,2,4,7-8,11-13H2,1H3,(H,17,19). The van der Waals surface area contributed by atoms with E-state index in [2.05, 4.69) is 17.1 Å². The number of hydrogen-bond donors (Lipinski definition) is 1. The second kappa shape index (κ2) is 7.29. The summed E-state index contributed by atoms with van der Waals surface area (Å²) in [6.45, 7) is 4.48. The van der Waals surface area contributed by atoms with Gasteiger partial charge in [-0.15, -0.1) is 0 Å². The molecule has 1 atom stereocenters. The largest absolute Gasteiger partial charge is 0.326 e. The molecule has 3 nitrogen and oxygen atoms in total. The summed E-state index contributed by atoms with van der Waals surface area (Å²) in [5, 5.41) is 2.98. The van der Waals surface area contributed by atoms with Gasteiger partial charge in [0.2, 0.25) is 5.91 Å². The van der Waals surface area contributed by atoms with Crippen LogP contribution < -0.4 is 5.32 Å². The number of hydrogen-bond acceptors (Lipinski definition) is 2. The van der Waals surface area contributed by atoms with Gasteiger partial charge in [-0.1, -0.05) is 31.5 Å². The number of piperidine rings is 1. The molecule has 19 heavy (non-hydrogen) atoms. The first-order valence-corrected chi connectivity index (χ1v) is 7.38. The molecule has 1 aromatic rings. The monoisotopic (exact) mass is 260 g/mol. The Kier molecular flexibility index (Phi) is 5.40. The van der Waals surface area contributed by atoms with Crippen molar-refractivity contribution in [2.75, 3.05) is 18.4 Å². The molecule has 1 aromatic carbocycles. The van der Waals surface area contributed by atoms with Crippen LogP contribution in [0, 0.1) is 0 Å². The fourth-order valence-corrected chi connectivity index (χ4v) is 2.76. The van der Waals surface area contributed by atoms with E-state index < -0.39 is 0 Å². The number of para-hydroxylation sites is 1. The van der Waals surface area contributed by atoms with Gasteiger partial charge in [-0.3, -0.25) is 9.69 Å². The second-order valence-electron chi connectivity index (χ2n) is 5.28. The Hall–Kier alpha value is -1.35. The molecule has 1 fully saturated rings. The van der Waals surface area contributed by atoms with E-state index in [1.165, 1.54) is 19.3 Å². The molecular formula is C16H24N2O. The number of benzene rings is 1. The van der Waals surface area contributed by atoms with E-state index >= 15 is 0 Å². The zero-order valence-electron chi connectivity index (χ0n) is 11.8. The van der Waals surface area contributed by atoms with E-state index in [1.54, 1.807) is 0 Å². The third kappa shape index (κ3) is 4.35. The first kappa shape index (κ1) is 14.1. The van der Waals surface area contributed by atoms with Crippen LogP contribution >= 0.6 is 0 Å². The topological polar surface area (TPSA) is 32.3 Å². The lowest BCUT2D eigenvalue weighted by molar-refractivity contribution is -0.117. The highest BCUT2D eigenvalue weighted by Crippen LogP contribution is 2.17. The minimum atomic E-state index is 0.128. The lowest BCUT2D eigenvalue weighted by Crippen LogP contribution is -2.40. The van der Waals surface area contributed by atoms with Crippen LogP contribution in [0.4, 0.5) is 5.69 Å². The molecule has 1 aliphatic rings. The first-order valence-electron chi connectivity index (χ1n) is 7.38. The molecule has 1 unspecified atom stereocenters. The van der Waals surface area contributed by atoms with Crippen LogP contribution in [-0.2, 0) is 4.79 Å². The van der Waals surface area contributed by atoms with Crippen molar-refractivity contribution in [3.8, 4) is 0 Å². The Morgan fingerprint density at radius 3 is 2.53 bits per heavy atom. The molecule has 0 aromatic heterocycles. The Labute approximate surface area is 116 Å². The van der Waals surface area contributed by atoms with Gasteiger partial charge in [0.15, 0.2) is 0 Å². The highest BCUT2D eigenvalue weighted by Gasteiger charge is 2.21. The number of anilines is 1. The number of amides is 1. The molecule has 0 bridgehead atoms. The van der Waals surface area contributed by atoms with Crippen molar-refractivity contribution >= 4 is 11.6 Å². The molecule has 1 N–H and O–H groups in total. The van der Waals surface area contributed by atoms with E-state index in [0.717, 1.165) is 25.2 Å². The van der Waals surface area contributed by atoms with Crippen molar-refractivity contribution in [3.63, 3.8) is 0 Å². The fourth-order valence-electron chi connectivity index (χ4n) is 2.76. The molecule has 1 amide bonds. The van der Waals surface area contributed by atoms with Crippen LogP contribution in [0.5, 0.6) is 0 Å². The zero-order valence-corrected chi connectivity index (χ0v) is 11.8. The second-order valence-corrected chi connectivity index (χ2v) is 5.28. The van der Waals surface area contributed by atoms with Gasteiger partial charge in [0.05, 0.1) is 0 Å². The SMILES string of the molecule is CCC(CC(=O)Nc1ccccc1)N1CCCCC1. The molecule has 1 aliphatic heterocycles. The number of nitrogens with one attached hydrogen (secondary N) is 1. The number of nitrogens with zero attached hydrogens (tertiary/aromatic N) is 1. The molecular weight excluding hydrogens is 236 g/mol. The maximum atomic E-state index is 12.1. The molecule has 104 valence electrons. The van der Waals surface area contributed by atoms with E-state index in [0.29, 0.717) is 12.5 Å². The van der Waals surface area contributed by atoms with Crippen LogP contribution in [0.15, 0.2) is 30.3 Å². The van der Waals surface area contributed by atoms with Gasteiger partial charge in [0.1, 0.15) is 0 Å². The van der Waals surface area contributed by atoms with Crippen molar-refractivity contribution in [2.45, 2.75) is 45.1 Å². The van der Waals surface area contributed by atoms with Crippen molar-refractivity contribution in [1.29, 1.82) is 0 Å². The number of likely N-dealkylation sites (tertiary alicyclic amines) is 1. The Bertz CT molecular complexity index is 385. The maximum absolute atomic E-state index is 12.1. The Morgan fingerprint density at radius 1 is 1.21 bits per heavy atom. The number of carbonyl (C=O) groups excluding carboxylic acids is 1. The molecule has 0 spiro atoms. The average Bonchev–Trinajstić information content (AvgIpc) is 2.47. The highest BCUT2D eigenvalue weighted by atomic mass is 16.1. The summed E-state index contributed by atoms with van der Waals surface area (Å²) in [4.78, 5) is 14.6. The van der Waals surface area contributed by atoms with Crippen molar-refractivity contribution < 1.29 is 4.79 Å². The highest BCUT2D eigenvalue weighted by molar-refractivity contribution is 5.91. The van der Waals surface area contributed by atoms with Crippen LogP contribution in [0.3, 0.4) is 0 Å². The van der Waals surface area contributed by atoms with Crippen LogP contribution in [0.1, 0.15) is 39.0 Å².